The molecule has 2 amide bonds. The highest BCUT2D eigenvalue weighted by atomic mass is 16.5. The Bertz CT molecular complexity index is 527. The van der Waals surface area contributed by atoms with Crippen molar-refractivity contribution < 1.29 is 19.4 Å². The van der Waals surface area contributed by atoms with Crippen LogP contribution in [0.5, 0.6) is 0 Å². The summed E-state index contributed by atoms with van der Waals surface area (Å²) in [6.07, 6.45) is 10.1. The van der Waals surface area contributed by atoms with Crippen LogP contribution < -0.4 is 0 Å². The van der Waals surface area contributed by atoms with Crippen LogP contribution in [0.25, 0.3) is 0 Å². The van der Waals surface area contributed by atoms with E-state index in [1.165, 1.54) is 4.90 Å². The minimum absolute atomic E-state index is 0.0423. The van der Waals surface area contributed by atoms with Crippen LogP contribution in [-0.4, -0.2) is 48.2 Å². The Morgan fingerprint density at radius 2 is 2.23 bits per heavy atom. The minimum Gasteiger partial charge on any atom is -0.394 e. The molecule has 0 aromatic rings. The van der Waals surface area contributed by atoms with Gasteiger partial charge in [0.2, 0.25) is 11.8 Å². The number of carbonyl (C=O) groups is 2. The second kappa shape index (κ2) is 5.97. The van der Waals surface area contributed by atoms with Gasteiger partial charge in [0, 0.05) is 5.41 Å². The molecule has 5 heteroatoms. The van der Waals surface area contributed by atoms with Crippen LogP contribution in [0.3, 0.4) is 0 Å². The molecule has 0 aromatic heterocycles. The molecule has 1 N–H and O–H groups in total. The highest BCUT2D eigenvalue weighted by molar-refractivity contribution is 6.06. The Kier molecular flexibility index (Phi) is 4.19. The maximum Gasteiger partial charge on any atom is 0.234 e. The first-order valence-corrected chi connectivity index (χ1v) is 7.99. The smallest absolute Gasteiger partial charge is 0.234 e. The van der Waals surface area contributed by atoms with Crippen molar-refractivity contribution in [2.45, 2.75) is 19.8 Å². The summed E-state index contributed by atoms with van der Waals surface area (Å²) in [7, 11) is 0. The minimum atomic E-state index is -0.205. The third-order valence-corrected chi connectivity index (χ3v) is 5.24. The largest absolute Gasteiger partial charge is 0.394 e. The molecule has 2 aliphatic carbocycles. The highest BCUT2D eigenvalue weighted by Crippen LogP contribution is 2.61. The second-order valence-corrected chi connectivity index (χ2v) is 6.40. The van der Waals surface area contributed by atoms with Gasteiger partial charge in [-0.3, -0.25) is 14.5 Å². The van der Waals surface area contributed by atoms with E-state index in [1.807, 2.05) is 13.0 Å². The summed E-state index contributed by atoms with van der Waals surface area (Å²) < 4.78 is 5.20. The predicted octanol–water partition coefficient (Wildman–Crippen LogP) is 1.14. The molecule has 1 aliphatic heterocycles. The molecule has 0 spiro atoms. The Labute approximate surface area is 130 Å². The van der Waals surface area contributed by atoms with Crippen molar-refractivity contribution in [3.63, 3.8) is 0 Å². The van der Waals surface area contributed by atoms with Gasteiger partial charge in [-0.15, -0.1) is 0 Å². The van der Waals surface area contributed by atoms with E-state index in [4.69, 9.17) is 9.84 Å². The van der Waals surface area contributed by atoms with E-state index in [9.17, 15) is 9.59 Å². The maximum atomic E-state index is 12.8. The zero-order valence-electron chi connectivity index (χ0n) is 12.9. The van der Waals surface area contributed by atoms with Gasteiger partial charge in [0.1, 0.15) is 0 Å². The Morgan fingerprint density at radius 3 is 2.95 bits per heavy atom. The molecule has 3 aliphatic rings. The van der Waals surface area contributed by atoms with Crippen LogP contribution in [0.2, 0.25) is 0 Å². The van der Waals surface area contributed by atoms with Crippen molar-refractivity contribution in [2.24, 2.45) is 23.2 Å². The van der Waals surface area contributed by atoms with E-state index in [0.29, 0.717) is 0 Å². The van der Waals surface area contributed by atoms with E-state index >= 15 is 0 Å². The average molecular weight is 305 g/mol. The van der Waals surface area contributed by atoms with Crippen LogP contribution in [-0.2, 0) is 14.3 Å². The van der Waals surface area contributed by atoms with E-state index in [2.05, 4.69) is 18.2 Å². The van der Waals surface area contributed by atoms with Gasteiger partial charge in [0.15, 0.2) is 0 Å². The normalized spacial score (nSPS) is 36.1. The predicted molar refractivity (Wildman–Crippen MR) is 80.7 cm³/mol. The summed E-state index contributed by atoms with van der Waals surface area (Å²) in [6.45, 7) is 2.74. The molecule has 0 aromatic carbocycles. The third kappa shape index (κ3) is 2.23. The number of carbonyl (C=O) groups excluding carboxylic acids is 2. The van der Waals surface area contributed by atoms with Crippen LogP contribution >= 0.6 is 0 Å². The summed E-state index contributed by atoms with van der Waals surface area (Å²) in [5.74, 6) is -0.266. The van der Waals surface area contributed by atoms with Crippen molar-refractivity contribution in [3.8, 4) is 0 Å². The average Bonchev–Trinajstić information content (AvgIpc) is 3.15. The number of fused-ring (bicyclic) bond motifs is 5. The lowest BCUT2D eigenvalue weighted by atomic mass is 9.72. The first-order chi connectivity index (χ1) is 10.6. The topological polar surface area (TPSA) is 66.8 Å². The lowest BCUT2D eigenvalue weighted by Gasteiger charge is -2.29. The van der Waals surface area contributed by atoms with E-state index < -0.39 is 0 Å². The second-order valence-electron chi connectivity index (χ2n) is 6.40. The number of amides is 2. The standard InChI is InChI=1S/C17H23NO4/c1-2-3-5-17-6-4-12(11-17)13-14(17)16(21)18(15(13)20)7-9-22-10-8-19/h2-4,6,12-14,19H,5,7-11H2,1H3. The Morgan fingerprint density at radius 1 is 1.41 bits per heavy atom. The quantitative estimate of drug-likeness (QED) is 0.435. The van der Waals surface area contributed by atoms with Crippen LogP contribution in [0.1, 0.15) is 19.8 Å². The van der Waals surface area contributed by atoms with Gasteiger partial charge in [-0.05, 0) is 25.7 Å². The molecule has 1 saturated carbocycles. The van der Waals surface area contributed by atoms with E-state index in [-0.39, 0.29) is 61.3 Å². The van der Waals surface area contributed by atoms with Crippen LogP contribution in [0, 0.1) is 23.2 Å². The summed E-state index contributed by atoms with van der Waals surface area (Å²) >= 11 is 0. The zero-order chi connectivity index (χ0) is 15.7. The van der Waals surface area contributed by atoms with Crippen LogP contribution in [0.15, 0.2) is 24.3 Å². The number of ether oxygens (including phenoxy) is 1. The highest BCUT2D eigenvalue weighted by Gasteiger charge is 2.65. The van der Waals surface area contributed by atoms with Crippen molar-refractivity contribution in [2.75, 3.05) is 26.4 Å². The fourth-order valence-corrected chi connectivity index (χ4v) is 4.31. The maximum absolute atomic E-state index is 12.8. The summed E-state index contributed by atoms with van der Waals surface area (Å²) in [5, 5.41) is 8.70. The fraction of sp³-hybridized carbons (Fsp3) is 0.647. The van der Waals surface area contributed by atoms with Crippen molar-refractivity contribution in [3.05, 3.63) is 24.3 Å². The SMILES string of the molecule is CC=CCC12C=CC(C1)C1C(=O)N(CCOCCO)C(=O)C12. The van der Waals surface area contributed by atoms with E-state index in [0.717, 1.165) is 12.8 Å². The molecule has 4 unspecified atom stereocenters. The van der Waals surface area contributed by atoms with Crippen molar-refractivity contribution in [1.29, 1.82) is 0 Å². The first-order valence-electron chi connectivity index (χ1n) is 7.99. The number of likely N-dealkylation sites (tertiary alicyclic amines) is 1. The van der Waals surface area contributed by atoms with Gasteiger partial charge in [0.25, 0.3) is 0 Å². The number of rotatable bonds is 7. The number of aliphatic hydroxyl groups excluding tert-OH is 1. The molecule has 2 fully saturated rings. The third-order valence-electron chi connectivity index (χ3n) is 5.24. The van der Waals surface area contributed by atoms with Gasteiger partial charge >= 0.3 is 0 Å². The monoisotopic (exact) mass is 305 g/mol. The molecule has 120 valence electrons. The number of allylic oxidation sites excluding steroid dienone is 4. The number of nitrogens with zero attached hydrogens (tertiary/aromatic N) is 1. The number of aliphatic hydroxyl groups is 1. The molecule has 4 atom stereocenters. The van der Waals surface area contributed by atoms with Gasteiger partial charge in [-0.2, -0.15) is 0 Å². The van der Waals surface area contributed by atoms with Gasteiger partial charge in [-0.1, -0.05) is 24.3 Å². The van der Waals surface area contributed by atoms with E-state index in [1.54, 1.807) is 0 Å². The molecule has 5 nitrogen and oxygen atoms in total. The molecule has 3 rings (SSSR count). The lowest BCUT2D eigenvalue weighted by molar-refractivity contribution is -0.142. The fourth-order valence-electron chi connectivity index (χ4n) is 4.31. The lowest BCUT2D eigenvalue weighted by Crippen LogP contribution is -2.37. The molecule has 0 radical (unpaired) electrons. The Balaban J connectivity index is 1.74. The number of hydrogen-bond acceptors (Lipinski definition) is 4. The molecule has 1 saturated heterocycles. The van der Waals surface area contributed by atoms with Gasteiger partial charge in [0.05, 0.1) is 38.2 Å². The Hall–Kier alpha value is -1.46. The summed E-state index contributed by atoms with van der Waals surface area (Å²) in [4.78, 5) is 26.7. The first kappa shape index (κ1) is 15.4. The van der Waals surface area contributed by atoms with Gasteiger partial charge < -0.3 is 9.84 Å². The molecular weight excluding hydrogens is 282 g/mol. The molecule has 2 bridgehead atoms. The number of imide groups is 1. The summed E-state index contributed by atoms with van der Waals surface area (Å²) in [5.41, 5.74) is -0.171. The zero-order valence-corrected chi connectivity index (χ0v) is 12.9. The molecule has 22 heavy (non-hydrogen) atoms. The summed E-state index contributed by atoms with van der Waals surface area (Å²) in [6, 6.07) is 0. The van der Waals surface area contributed by atoms with Crippen molar-refractivity contribution >= 4 is 11.8 Å². The number of hydrogen-bond donors (Lipinski definition) is 1. The van der Waals surface area contributed by atoms with Gasteiger partial charge in [-0.25, -0.2) is 0 Å². The van der Waals surface area contributed by atoms with Crippen molar-refractivity contribution in [1.82, 2.24) is 4.90 Å². The molecular formula is C17H23NO4. The molecule has 1 heterocycles. The van der Waals surface area contributed by atoms with Crippen LogP contribution in [0.4, 0.5) is 0 Å².